The van der Waals surface area contributed by atoms with Gasteiger partial charge in [0.15, 0.2) is 11.5 Å². The van der Waals surface area contributed by atoms with Crippen LogP contribution in [0.15, 0.2) is 36.4 Å². The van der Waals surface area contributed by atoms with Gasteiger partial charge < -0.3 is 19.3 Å². The smallest absolute Gasteiger partial charge is 0.273 e. The predicted octanol–water partition coefficient (Wildman–Crippen LogP) is 4.80. The van der Waals surface area contributed by atoms with Crippen molar-refractivity contribution >= 4 is 11.8 Å². The minimum absolute atomic E-state index is 0.0587. The zero-order chi connectivity index (χ0) is 24.9. The molecule has 0 spiro atoms. The second-order valence-electron chi connectivity index (χ2n) is 9.41. The molecule has 3 atom stereocenters. The Labute approximate surface area is 208 Å². The Balaban J connectivity index is 1.69. The Bertz CT molecular complexity index is 1050. The van der Waals surface area contributed by atoms with Crippen LogP contribution in [0.4, 0.5) is 0 Å². The lowest BCUT2D eigenvalue weighted by molar-refractivity contribution is -0.139. The van der Waals surface area contributed by atoms with Crippen molar-refractivity contribution < 1.29 is 19.1 Å². The van der Waals surface area contributed by atoms with Crippen molar-refractivity contribution in [3.8, 4) is 22.8 Å². The van der Waals surface area contributed by atoms with Gasteiger partial charge in [-0.2, -0.15) is 0 Å². The third-order valence-corrected chi connectivity index (χ3v) is 7.62. The Hall–Kier alpha value is -3.09. The number of likely N-dealkylation sites (N-methyl/N-ethyl adjacent to an activating group) is 1. The number of hydrogen-bond acceptors (Lipinski definition) is 5. The first-order valence-electron chi connectivity index (χ1n) is 12.8. The molecule has 4 rings (SSSR count). The van der Waals surface area contributed by atoms with Gasteiger partial charge in [0, 0.05) is 24.7 Å². The highest BCUT2D eigenvalue weighted by Gasteiger charge is 2.45. The summed E-state index contributed by atoms with van der Waals surface area (Å²) in [5, 5.41) is 0. The number of likely N-dealkylation sites (tertiary alicyclic amines) is 1. The molecule has 35 heavy (non-hydrogen) atoms. The zero-order valence-electron chi connectivity index (χ0n) is 21.3. The number of amides is 2. The maximum absolute atomic E-state index is 14.0. The van der Waals surface area contributed by atoms with E-state index in [0.29, 0.717) is 41.9 Å². The summed E-state index contributed by atoms with van der Waals surface area (Å²) in [6.07, 6.45) is 6.09. The minimum atomic E-state index is -0.423. The largest absolute Gasteiger partial charge is 0.493 e. The summed E-state index contributed by atoms with van der Waals surface area (Å²) in [5.41, 5.74) is 1.89. The van der Waals surface area contributed by atoms with Crippen molar-refractivity contribution in [2.24, 2.45) is 5.92 Å². The number of hydrogen-bond donors (Lipinski definition) is 0. The first kappa shape index (κ1) is 25.0. The number of carbonyl (C=O) groups excluding carboxylic acids is 2. The van der Waals surface area contributed by atoms with Crippen molar-refractivity contribution in [3.05, 3.63) is 42.1 Å². The molecule has 7 nitrogen and oxygen atoms in total. The number of nitrogens with zero attached hydrogens (tertiary/aromatic N) is 3. The molecule has 1 aromatic heterocycles. The molecule has 7 heteroatoms. The molecule has 1 aliphatic heterocycles. The molecule has 2 amide bonds. The van der Waals surface area contributed by atoms with E-state index in [4.69, 9.17) is 14.5 Å². The van der Waals surface area contributed by atoms with Crippen LogP contribution in [0, 0.1) is 5.92 Å². The maximum Gasteiger partial charge on any atom is 0.273 e. The van der Waals surface area contributed by atoms with Gasteiger partial charge >= 0.3 is 0 Å². The lowest BCUT2D eigenvalue weighted by Crippen LogP contribution is -2.60. The number of pyridine rings is 1. The average molecular weight is 480 g/mol. The van der Waals surface area contributed by atoms with Gasteiger partial charge in [0.1, 0.15) is 11.7 Å². The third kappa shape index (κ3) is 5.00. The summed E-state index contributed by atoms with van der Waals surface area (Å²) >= 11 is 0. The third-order valence-electron chi connectivity index (χ3n) is 7.62. The normalized spacial score (nSPS) is 21.7. The number of carbonyl (C=O) groups is 2. The van der Waals surface area contributed by atoms with E-state index in [1.54, 1.807) is 20.3 Å². The van der Waals surface area contributed by atoms with E-state index in [-0.39, 0.29) is 17.9 Å². The maximum atomic E-state index is 14.0. The van der Waals surface area contributed by atoms with Gasteiger partial charge in [0.05, 0.1) is 19.9 Å². The summed E-state index contributed by atoms with van der Waals surface area (Å²) < 4.78 is 10.8. The Morgan fingerprint density at radius 3 is 2.43 bits per heavy atom. The zero-order valence-corrected chi connectivity index (χ0v) is 21.3. The van der Waals surface area contributed by atoms with E-state index in [2.05, 4.69) is 0 Å². The standard InChI is InChI=1S/C28H37N3O4/c1-5-30(6-2)28(33)24-16-14-19-10-7-8-13-23(19)31(24)27(32)22-12-9-11-21(29-22)20-15-17-25(34-3)26(18-20)35-4/h9,11-12,15,17-19,23-24H,5-8,10,13-14,16H2,1-4H3. The number of piperidine rings is 1. The highest BCUT2D eigenvalue weighted by molar-refractivity contribution is 5.97. The van der Waals surface area contributed by atoms with Gasteiger partial charge in [0.2, 0.25) is 5.91 Å². The number of ether oxygens (including phenoxy) is 2. The number of methoxy groups -OCH3 is 2. The average Bonchev–Trinajstić information content (AvgIpc) is 2.92. The van der Waals surface area contributed by atoms with Crippen molar-refractivity contribution in [1.82, 2.24) is 14.8 Å². The lowest BCUT2D eigenvalue weighted by Gasteiger charge is -2.48. The molecule has 0 N–H and O–H groups in total. The second-order valence-corrected chi connectivity index (χ2v) is 9.41. The summed E-state index contributed by atoms with van der Waals surface area (Å²) in [6, 6.07) is 10.8. The van der Waals surface area contributed by atoms with Crippen LogP contribution in [-0.4, -0.2) is 66.0 Å². The van der Waals surface area contributed by atoms with Crippen molar-refractivity contribution in [2.75, 3.05) is 27.3 Å². The second kappa shape index (κ2) is 11.1. The fourth-order valence-corrected chi connectivity index (χ4v) is 5.76. The van der Waals surface area contributed by atoms with Gasteiger partial charge in [0.25, 0.3) is 5.91 Å². The highest BCUT2D eigenvalue weighted by atomic mass is 16.5. The van der Waals surface area contributed by atoms with Crippen LogP contribution < -0.4 is 9.47 Å². The van der Waals surface area contributed by atoms with E-state index in [9.17, 15) is 9.59 Å². The number of aromatic nitrogens is 1. The number of benzene rings is 1. The molecular weight excluding hydrogens is 442 g/mol. The summed E-state index contributed by atoms with van der Waals surface area (Å²) in [6.45, 7) is 5.28. The van der Waals surface area contributed by atoms with Crippen LogP contribution in [0.5, 0.6) is 11.5 Å². The van der Waals surface area contributed by atoms with Gasteiger partial charge in [-0.1, -0.05) is 18.9 Å². The lowest BCUT2D eigenvalue weighted by atomic mass is 9.76. The van der Waals surface area contributed by atoms with E-state index in [1.165, 1.54) is 6.42 Å². The van der Waals surface area contributed by atoms with E-state index in [0.717, 1.165) is 37.7 Å². The van der Waals surface area contributed by atoms with Gasteiger partial charge in [-0.15, -0.1) is 0 Å². The van der Waals surface area contributed by atoms with Crippen molar-refractivity contribution in [3.63, 3.8) is 0 Å². The molecule has 1 saturated heterocycles. The number of rotatable bonds is 7. The van der Waals surface area contributed by atoms with Crippen LogP contribution in [0.25, 0.3) is 11.3 Å². The highest BCUT2D eigenvalue weighted by Crippen LogP contribution is 2.39. The summed E-state index contributed by atoms with van der Waals surface area (Å²) in [7, 11) is 3.20. The van der Waals surface area contributed by atoms with E-state index < -0.39 is 6.04 Å². The molecule has 2 fully saturated rings. The first-order valence-corrected chi connectivity index (χ1v) is 12.8. The van der Waals surface area contributed by atoms with Crippen LogP contribution >= 0.6 is 0 Å². The van der Waals surface area contributed by atoms with Crippen molar-refractivity contribution in [1.29, 1.82) is 0 Å². The van der Waals surface area contributed by atoms with E-state index in [1.807, 2.05) is 54.0 Å². The molecule has 2 heterocycles. The van der Waals surface area contributed by atoms with Gasteiger partial charge in [-0.3, -0.25) is 9.59 Å². The molecule has 1 aliphatic carbocycles. The molecular formula is C28H37N3O4. The Morgan fingerprint density at radius 1 is 0.971 bits per heavy atom. The molecule has 1 saturated carbocycles. The van der Waals surface area contributed by atoms with Crippen molar-refractivity contribution in [2.45, 2.75) is 64.5 Å². The molecule has 2 aromatic rings. The van der Waals surface area contributed by atoms with E-state index >= 15 is 0 Å². The Morgan fingerprint density at radius 2 is 1.71 bits per heavy atom. The topological polar surface area (TPSA) is 72.0 Å². The summed E-state index contributed by atoms with van der Waals surface area (Å²) in [5.74, 6) is 1.62. The van der Waals surface area contributed by atoms with Crippen LogP contribution in [0.1, 0.15) is 62.9 Å². The molecule has 3 unspecified atom stereocenters. The summed E-state index contributed by atoms with van der Waals surface area (Å²) in [4.78, 5) is 36.0. The minimum Gasteiger partial charge on any atom is -0.493 e. The number of fused-ring (bicyclic) bond motifs is 1. The molecule has 0 bridgehead atoms. The van der Waals surface area contributed by atoms with Crippen LogP contribution in [0.3, 0.4) is 0 Å². The molecule has 188 valence electrons. The van der Waals surface area contributed by atoms with Gasteiger partial charge in [-0.25, -0.2) is 4.98 Å². The first-order chi connectivity index (χ1) is 17.0. The quantitative estimate of drug-likeness (QED) is 0.571. The predicted molar refractivity (Wildman–Crippen MR) is 136 cm³/mol. The van der Waals surface area contributed by atoms with Gasteiger partial charge in [-0.05, 0) is 75.8 Å². The van der Waals surface area contributed by atoms with Crippen LogP contribution in [0.2, 0.25) is 0 Å². The molecule has 1 aromatic carbocycles. The fraction of sp³-hybridized carbons (Fsp3) is 0.536. The molecule has 0 radical (unpaired) electrons. The fourth-order valence-electron chi connectivity index (χ4n) is 5.76. The molecule has 2 aliphatic rings. The Kier molecular flexibility index (Phi) is 7.93. The SMILES string of the molecule is CCN(CC)C(=O)C1CCC2CCCCC2N1C(=O)c1cccc(-c2ccc(OC)c(OC)c2)n1. The van der Waals surface area contributed by atoms with Crippen LogP contribution in [-0.2, 0) is 4.79 Å². The monoisotopic (exact) mass is 479 g/mol.